The molecule has 0 fully saturated rings. The van der Waals surface area contributed by atoms with Gasteiger partial charge in [-0.1, -0.05) is 29.8 Å². The van der Waals surface area contributed by atoms with Crippen LogP contribution in [0.5, 0.6) is 0 Å². The molecule has 0 aliphatic heterocycles. The van der Waals surface area contributed by atoms with Crippen molar-refractivity contribution in [3.8, 4) is 0 Å². The molecule has 0 saturated carbocycles. The maximum Gasteiger partial charge on any atom is 0.339 e. The Morgan fingerprint density at radius 2 is 1.86 bits per heavy atom. The molecular formula is C15H13ClN2O3. The Morgan fingerprint density at radius 3 is 2.52 bits per heavy atom. The number of carbonyl (C=O) groups excluding carboxylic acids is 2. The van der Waals surface area contributed by atoms with E-state index in [0.29, 0.717) is 5.69 Å². The van der Waals surface area contributed by atoms with Crippen LogP contribution in [0.2, 0.25) is 5.02 Å². The molecule has 0 unspecified atom stereocenters. The molecule has 5 nitrogen and oxygen atoms in total. The summed E-state index contributed by atoms with van der Waals surface area (Å²) in [5.41, 5.74) is 6.76. The molecule has 0 bridgehead atoms. The maximum absolute atomic E-state index is 12.3. The van der Waals surface area contributed by atoms with E-state index >= 15 is 0 Å². The van der Waals surface area contributed by atoms with E-state index in [1.165, 1.54) is 7.11 Å². The lowest BCUT2D eigenvalue weighted by molar-refractivity contribution is 0.0602. The van der Waals surface area contributed by atoms with Gasteiger partial charge >= 0.3 is 5.97 Å². The molecule has 1 amide bonds. The van der Waals surface area contributed by atoms with Crippen molar-refractivity contribution in [2.45, 2.75) is 0 Å². The first kappa shape index (κ1) is 14.9. The van der Waals surface area contributed by atoms with Crippen molar-refractivity contribution in [1.82, 2.24) is 0 Å². The lowest BCUT2D eigenvalue weighted by atomic mass is 10.1. The highest BCUT2D eigenvalue weighted by atomic mass is 35.5. The largest absolute Gasteiger partial charge is 0.465 e. The summed E-state index contributed by atoms with van der Waals surface area (Å²) in [6, 6.07) is 11.3. The molecule has 21 heavy (non-hydrogen) atoms. The van der Waals surface area contributed by atoms with Gasteiger partial charge in [-0.25, -0.2) is 4.79 Å². The molecule has 2 aromatic rings. The van der Waals surface area contributed by atoms with Gasteiger partial charge in [0.15, 0.2) is 0 Å². The normalized spacial score (nSPS) is 10.0. The van der Waals surface area contributed by atoms with Gasteiger partial charge in [-0.05, 0) is 24.3 Å². The lowest BCUT2D eigenvalue weighted by Gasteiger charge is -2.11. The molecular weight excluding hydrogens is 292 g/mol. The summed E-state index contributed by atoms with van der Waals surface area (Å²) in [4.78, 5) is 24.0. The van der Waals surface area contributed by atoms with E-state index in [-0.39, 0.29) is 21.8 Å². The summed E-state index contributed by atoms with van der Waals surface area (Å²) in [5, 5.41) is 2.86. The average molecular weight is 305 g/mol. The summed E-state index contributed by atoms with van der Waals surface area (Å²) < 4.78 is 4.67. The van der Waals surface area contributed by atoms with Crippen LogP contribution in [0.15, 0.2) is 42.5 Å². The number of halogens is 1. The molecule has 0 aliphatic rings. The molecule has 0 spiro atoms. The van der Waals surface area contributed by atoms with E-state index in [0.717, 1.165) is 0 Å². The first-order chi connectivity index (χ1) is 10.0. The summed E-state index contributed by atoms with van der Waals surface area (Å²) in [7, 11) is 1.27. The fourth-order valence-corrected chi connectivity index (χ4v) is 2.11. The van der Waals surface area contributed by atoms with Crippen LogP contribution in [-0.4, -0.2) is 19.0 Å². The second kappa shape index (κ2) is 6.28. The van der Waals surface area contributed by atoms with Crippen molar-refractivity contribution < 1.29 is 14.3 Å². The molecule has 0 aromatic heterocycles. The zero-order valence-electron chi connectivity index (χ0n) is 11.2. The SMILES string of the molecule is COC(=O)c1ccccc1NC(=O)c1c(N)cccc1Cl. The van der Waals surface area contributed by atoms with Gasteiger partial charge in [-0.15, -0.1) is 0 Å². The number of hydrogen-bond acceptors (Lipinski definition) is 4. The second-order valence-corrected chi connectivity index (χ2v) is 4.60. The van der Waals surface area contributed by atoms with Gasteiger partial charge in [0.05, 0.1) is 28.9 Å². The third-order valence-corrected chi connectivity index (χ3v) is 3.17. The molecule has 0 radical (unpaired) electrons. The summed E-state index contributed by atoms with van der Waals surface area (Å²) in [6.45, 7) is 0. The number of methoxy groups -OCH3 is 1. The minimum absolute atomic E-state index is 0.166. The minimum Gasteiger partial charge on any atom is -0.465 e. The first-order valence-corrected chi connectivity index (χ1v) is 6.45. The Kier molecular flexibility index (Phi) is 4.45. The average Bonchev–Trinajstić information content (AvgIpc) is 2.47. The number of amides is 1. The number of para-hydroxylation sites is 1. The number of nitrogen functional groups attached to an aromatic ring is 1. The monoisotopic (exact) mass is 304 g/mol. The molecule has 6 heteroatoms. The number of benzene rings is 2. The standard InChI is InChI=1S/C15H13ClN2O3/c1-21-15(20)9-5-2-3-8-12(9)18-14(19)13-10(16)6-4-7-11(13)17/h2-8H,17H2,1H3,(H,18,19). The predicted octanol–water partition coefficient (Wildman–Crippen LogP) is 2.96. The molecule has 0 aliphatic carbocycles. The van der Waals surface area contributed by atoms with Gasteiger partial charge in [0, 0.05) is 5.69 Å². The summed E-state index contributed by atoms with van der Waals surface area (Å²) >= 11 is 5.99. The van der Waals surface area contributed by atoms with Gasteiger partial charge in [-0.2, -0.15) is 0 Å². The van der Waals surface area contributed by atoms with Gasteiger partial charge in [0.2, 0.25) is 0 Å². The molecule has 3 N–H and O–H groups in total. The van der Waals surface area contributed by atoms with Crippen LogP contribution < -0.4 is 11.1 Å². The third kappa shape index (κ3) is 3.14. The maximum atomic E-state index is 12.3. The Bertz CT molecular complexity index is 681. The Morgan fingerprint density at radius 1 is 1.14 bits per heavy atom. The van der Waals surface area contributed by atoms with Gasteiger partial charge in [0.1, 0.15) is 0 Å². The second-order valence-electron chi connectivity index (χ2n) is 4.20. The van der Waals surface area contributed by atoms with Gasteiger partial charge < -0.3 is 15.8 Å². The van der Waals surface area contributed by atoms with Gasteiger partial charge in [-0.3, -0.25) is 4.79 Å². The first-order valence-electron chi connectivity index (χ1n) is 6.07. The number of rotatable bonds is 3. The number of hydrogen-bond donors (Lipinski definition) is 2. The van der Waals surface area contributed by atoms with Crippen molar-refractivity contribution >= 4 is 34.9 Å². The fourth-order valence-electron chi connectivity index (χ4n) is 1.85. The minimum atomic E-state index is -0.543. The highest BCUT2D eigenvalue weighted by Crippen LogP contribution is 2.24. The van der Waals surface area contributed by atoms with E-state index in [9.17, 15) is 9.59 Å². The lowest BCUT2D eigenvalue weighted by Crippen LogP contribution is -2.17. The van der Waals surface area contributed by atoms with Crippen LogP contribution in [0.1, 0.15) is 20.7 Å². The number of ether oxygens (including phenoxy) is 1. The molecule has 0 saturated heterocycles. The number of nitrogens with one attached hydrogen (secondary N) is 1. The summed E-state index contributed by atoms with van der Waals surface area (Å²) in [5.74, 6) is -1.03. The zero-order chi connectivity index (χ0) is 15.4. The fraction of sp³-hybridized carbons (Fsp3) is 0.0667. The van der Waals surface area contributed by atoms with E-state index < -0.39 is 11.9 Å². The van der Waals surface area contributed by atoms with Crippen molar-refractivity contribution in [3.05, 3.63) is 58.6 Å². The van der Waals surface area contributed by atoms with Crippen molar-refractivity contribution in [2.24, 2.45) is 0 Å². The van der Waals surface area contributed by atoms with Crippen LogP contribution >= 0.6 is 11.6 Å². The highest BCUT2D eigenvalue weighted by molar-refractivity contribution is 6.35. The topological polar surface area (TPSA) is 81.4 Å². The number of nitrogens with two attached hydrogens (primary N) is 1. The van der Waals surface area contributed by atoms with Crippen molar-refractivity contribution in [3.63, 3.8) is 0 Å². The van der Waals surface area contributed by atoms with E-state index in [4.69, 9.17) is 17.3 Å². The van der Waals surface area contributed by atoms with Crippen LogP contribution in [-0.2, 0) is 4.74 Å². The quantitative estimate of drug-likeness (QED) is 0.674. The van der Waals surface area contributed by atoms with Crippen molar-refractivity contribution in [2.75, 3.05) is 18.2 Å². The van der Waals surface area contributed by atoms with E-state index in [1.54, 1.807) is 42.5 Å². The predicted molar refractivity (Wildman–Crippen MR) is 81.6 cm³/mol. The molecule has 0 heterocycles. The van der Waals surface area contributed by atoms with Crippen molar-refractivity contribution in [1.29, 1.82) is 0 Å². The zero-order valence-corrected chi connectivity index (χ0v) is 12.0. The number of carbonyl (C=O) groups is 2. The smallest absolute Gasteiger partial charge is 0.339 e. The van der Waals surface area contributed by atoms with Crippen LogP contribution in [0, 0.1) is 0 Å². The number of anilines is 2. The van der Waals surface area contributed by atoms with Crippen LogP contribution in [0.4, 0.5) is 11.4 Å². The Hall–Kier alpha value is -2.53. The summed E-state index contributed by atoms with van der Waals surface area (Å²) in [6.07, 6.45) is 0. The molecule has 2 aromatic carbocycles. The Balaban J connectivity index is 2.35. The van der Waals surface area contributed by atoms with E-state index in [1.807, 2.05) is 0 Å². The van der Waals surface area contributed by atoms with Gasteiger partial charge in [0.25, 0.3) is 5.91 Å². The van der Waals surface area contributed by atoms with Crippen LogP contribution in [0.3, 0.4) is 0 Å². The Labute approximate surface area is 126 Å². The highest BCUT2D eigenvalue weighted by Gasteiger charge is 2.17. The molecule has 0 atom stereocenters. The molecule has 2 rings (SSSR count). The number of esters is 1. The van der Waals surface area contributed by atoms with E-state index in [2.05, 4.69) is 10.1 Å². The van der Waals surface area contributed by atoms with Crippen LogP contribution in [0.25, 0.3) is 0 Å². The third-order valence-electron chi connectivity index (χ3n) is 2.85. The molecule has 108 valence electrons.